The van der Waals surface area contributed by atoms with Crippen molar-refractivity contribution in [2.75, 3.05) is 0 Å². The number of aliphatic carboxylic acids is 1. The van der Waals surface area contributed by atoms with Crippen LogP contribution in [0.25, 0.3) is 0 Å². The second-order valence-corrected chi connectivity index (χ2v) is 4.89. The predicted molar refractivity (Wildman–Crippen MR) is 67.6 cm³/mol. The summed E-state index contributed by atoms with van der Waals surface area (Å²) in [5.74, 6) is -2.50. The van der Waals surface area contributed by atoms with Crippen LogP contribution in [0.3, 0.4) is 0 Å². The van der Waals surface area contributed by atoms with E-state index in [1.165, 1.54) is 0 Å². The van der Waals surface area contributed by atoms with E-state index in [1.54, 1.807) is 13.8 Å². The summed E-state index contributed by atoms with van der Waals surface area (Å²) in [6.07, 6.45) is -3.59. The van der Waals surface area contributed by atoms with Crippen LogP contribution in [0.1, 0.15) is 36.3 Å². The molecule has 116 valence electrons. The van der Waals surface area contributed by atoms with Gasteiger partial charge in [-0.1, -0.05) is 13.8 Å². The Morgan fingerprint density at radius 3 is 2.48 bits per heavy atom. The highest BCUT2D eigenvalue weighted by atomic mass is 19.4. The minimum Gasteiger partial charge on any atom is -0.480 e. The van der Waals surface area contributed by atoms with Gasteiger partial charge < -0.3 is 10.4 Å². The van der Waals surface area contributed by atoms with Gasteiger partial charge >= 0.3 is 12.1 Å². The van der Waals surface area contributed by atoms with Crippen molar-refractivity contribution in [3.63, 3.8) is 0 Å². The molecule has 5 nitrogen and oxygen atoms in total. The van der Waals surface area contributed by atoms with Gasteiger partial charge in [0.2, 0.25) is 0 Å². The number of carboxylic acids is 1. The smallest absolute Gasteiger partial charge is 0.418 e. The molecule has 0 aromatic carbocycles. The first kappa shape index (κ1) is 16.9. The van der Waals surface area contributed by atoms with Gasteiger partial charge in [0.15, 0.2) is 0 Å². The van der Waals surface area contributed by atoms with Crippen LogP contribution in [-0.2, 0) is 11.0 Å². The number of carboxylic acid groups (broad SMARTS) is 1. The van der Waals surface area contributed by atoms with E-state index in [0.717, 1.165) is 18.3 Å². The van der Waals surface area contributed by atoms with E-state index in [0.29, 0.717) is 0 Å². The fourth-order valence-electron chi connectivity index (χ4n) is 1.73. The monoisotopic (exact) mass is 304 g/mol. The summed E-state index contributed by atoms with van der Waals surface area (Å²) in [6, 6.07) is 0.517. The lowest BCUT2D eigenvalue weighted by molar-refractivity contribution is -0.139. The molecule has 2 N–H and O–H groups in total. The largest absolute Gasteiger partial charge is 0.480 e. The Morgan fingerprint density at radius 1 is 1.38 bits per heavy atom. The molecule has 1 rings (SSSR count). The van der Waals surface area contributed by atoms with Gasteiger partial charge in [0, 0.05) is 6.20 Å². The second-order valence-electron chi connectivity index (χ2n) is 4.89. The molecule has 1 amide bonds. The average molecular weight is 304 g/mol. The second kappa shape index (κ2) is 6.55. The van der Waals surface area contributed by atoms with E-state index in [-0.39, 0.29) is 12.3 Å². The third kappa shape index (κ3) is 4.73. The highest BCUT2D eigenvalue weighted by molar-refractivity contribution is 5.96. The average Bonchev–Trinajstić information content (AvgIpc) is 2.36. The Morgan fingerprint density at radius 2 is 2.00 bits per heavy atom. The number of halogens is 3. The van der Waals surface area contributed by atoms with Crippen molar-refractivity contribution < 1.29 is 27.9 Å². The number of pyridine rings is 1. The number of aromatic nitrogens is 1. The van der Waals surface area contributed by atoms with Gasteiger partial charge in [-0.05, 0) is 24.5 Å². The minimum atomic E-state index is -4.74. The highest BCUT2D eigenvalue weighted by Gasteiger charge is 2.36. The van der Waals surface area contributed by atoms with Crippen LogP contribution >= 0.6 is 0 Å². The van der Waals surface area contributed by atoms with E-state index in [2.05, 4.69) is 10.3 Å². The van der Waals surface area contributed by atoms with Gasteiger partial charge in [-0.2, -0.15) is 13.2 Å². The Bertz CT molecular complexity index is 530. The van der Waals surface area contributed by atoms with E-state index in [9.17, 15) is 22.8 Å². The molecule has 1 heterocycles. The van der Waals surface area contributed by atoms with Crippen LogP contribution < -0.4 is 5.32 Å². The molecule has 0 unspecified atom stereocenters. The quantitative estimate of drug-likeness (QED) is 0.875. The molecule has 0 aliphatic carbocycles. The lowest BCUT2D eigenvalue weighted by Crippen LogP contribution is -2.42. The van der Waals surface area contributed by atoms with Gasteiger partial charge in [-0.25, -0.2) is 4.79 Å². The zero-order valence-corrected chi connectivity index (χ0v) is 11.4. The summed E-state index contributed by atoms with van der Waals surface area (Å²) in [4.78, 5) is 26.3. The van der Waals surface area contributed by atoms with Crippen molar-refractivity contribution in [1.29, 1.82) is 0 Å². The maximum atomic E-state index is 12.8. The van der Waals surface area contributed by atoms with Crippen LogP contribution in [-0.4, -0.2) is 28.0 Å². The summed E-state index contributed by atoms with van der Waals surface area (Å²) >= 11 is 0. The number of hydrogen-bond acceptors (Lipinski definition) is 3. The number of amides is 1. The van der Waals surface area contributed by atoms with Crippen LogP contribution in [0.5, 0.6) is 0 Å². The molecule has 0 spiro atoms. The molecule has 1 atom stereocenters. The summed E-state index contributed by atoms with van der Waals surface area (Å²) in [5.41, 5.74) is -2.03. The Balaban J connectivity index is 3.01. The minimum absolute atomic E-state index is 0.0442. The number of alkyl halides is 3. The molecule has 1 aromatic rings. The number of hydrogen-bond donors (Lipinski definition) is 2. The number of nitrogens with zero attached hydrogens (tertiary/aromatic N) is 1. The van der Waals surface area contributed by atoms with Gasteiger partial charge in [-0.3, -0.25) is 9.78 Å². The molecule has 0 radical (unpaired) electrons. The SMILES string of the molecule is CC(C)C[C@@H](NC(=O)c1ncccc1C(F)(F)F)C(=O)O. The molecule has 0 fully saturated rings. The number of nitrogens with one attached hydrogen (secondary N) is 1. The molecule has 0 bridgehead atoms. The lowest BCUT2D eigenvalue weighted by atomic mass is 10.0. The summed E-state index contributed by atoms with van der Waals surface area (Å²) in [6.45, 7) is 3.48. The molecule has 0 aliphatic heterocycles. The van der Waals surface area contributed by atoms with Crippen molar-refractivity contribution >= 4 is 11.9 Å². The molecule has 0 aliphatic rings. The van der Waals surface area contributed by atoms with Crippen molar-refractivity contribution in [2.45, 2.75) is 32.5 Å². The maximum Gasteiger partial charge on any atom is 0.418 e. The molecule has 0 saturated carbocycles. The van der Waals surface area contributed by atoms with Crippen molar-refractivity contribution in [1.82, 2.24) is 10.3 Å². The Hall–Kier alpha value is -2.12. The predicted octanol–water partition coefficient (Wildman–Crippen LogP) is 2.33. The zero-order chi connectivity index (χ0) is 16.2. The van der Waals surface area contributed by atoms with Gasteiger partial charge in [0.25, 0.3) is 5.91 Å². The molecule has 21 heavy (non-hydrogen) atoms. The summed E-state index contributed by atoms with van der Waals surface area (Å²) < 4.78 is 38.3. The Labute approximate surface area is 119 Å². The fraction of sp³-hybridized carbons (Fsp3) is 0.462. The zero-order valence-electron chi connectivity index (χ0n) is 11.4. The lowest BCUT2D eigenvalue weighted by Gasteiger charge is -2.17. The third-order valence-electron chi connectivity index (χ3n) is 2.64. The molecular weight excluding hydrogens is 289 g/mol. The van der Waals surface area contributed by atoms with E-state index < -0.39 is 35.4 Å². The first-order valence-electron chi connectivity index (χ1n) is 6.18. The number of carbonyl (C=O) groups excluding carboxylic acids is 1. The third-order valence-corrected chi connectivity index (χ3v) is 2.64. The van der Waals surface area contributed by atoms with E-state index in [4.69, 9.17) is 5.11 Å². The van der Waals surface area contributed by atoms with Crippen LogP contribution in [0, 0.1) is 5.92 Å². The van der Waals surface area contributed by atoms with Crippen molar-refractivity contribution in [3.05, 3.63) is 29.6 Å². The topological polar surface area (TPSA) is 79.3 Å². The van der Waals surface area contributed by atoms with Crippen molar-refractivity contribution in [2.24, 2.45) is 5.92 Å². The molecular formula is C13H15F3N2O3. The first-order valence-corrected chi connectivity index (χ1v) is 6.18. The summed E-state index contributed by atoms with van der Waals surface area (Å²) in [5, 5.41) is 11.1. The van der Waals surface area contributed by atoms with Gasteiger partial charge in [0.1, 0.15) is 11.7 Å². The van der Waals surface area contributed by atoms with Crippen LogP contribution in [0.15, 0.2) is 18.3 Å². The molecule has 8 heteroatoms. The van der Waals surface area contributed by atoms with E-state index >= 15 is 0 Å². The Kier molecular flexibility index (Phi) is 5.28. The maximum absolute atomic E-state index is 12.8. The van der Waals surface area contributed by atoms with Gasteiger partial charge in [0.05, 0.1) is 5.56 Å². The number of rotatable bonds is 5. The van der Waals surface area contributed by atoms with Crippen molar-refractivity contribution in [3.8, 4) is 0 Å². The molecule has 0 saturated heterocycles. The van der Waals surface area contributed by atoms with E-state index in [1.807, 2.05) is 0 Å². The molecule has 1 aromatic heterocycles. The number of carbonyl (C=O) groups is 2. The normalized spacial score (nSPS) is 13.0. The first-order chi connectivity index (χ1) is 9.62. The van der Waals surface area contributed by atoms with Gasteiger partial charge in [-0.15, -0.1) is 0 Å². The van der Waals surface area contributed by atoms with Crippen LogP contribution in [0.2, 0.25) is 0 Å². The highest BCUT2D eigenvalue weighted by Crippen LogP contribution is 2.30. The summed E-state index contributed by atoms with van der Waals surface area (Å²) in [7, 11) is 0. The fourth-order valence-corrected chi connectivity index (χ4v) is 1.73. The van der Waals surface area contributed by atoms with Crippen LogP contribution in [0.4, 0.5) is 13.2 Å². The standard InChI is InChI=1S/C13H15F3N2O3/c1-7(2)6-9(12(20)21)18-11(19)10-8(13(14,15)16)4-3-5-17-10/h3-5,7,9H,6H2,1-2H3,(H,18,19)(H,20,21)/t9-/m1/s1.